The molecule has 0 saturated carbocycles. The van der Waals surface area contributed by atoms with Crippen molar-refractivity contribution < 1.29 is 9.53 Å². The molecule has 2 aromatic heterocycles. The Morgan fingerprint density at radius 2 is 2.24 bits per heavy atom. The molecule has 0 radical (unpaired) electrons. The largest absolute Gasteiger partial charge is 0.497 e. The molecule has 21 heavy (non-hydrogen) atoms. The average Bonchev–Trinajstić information content (AvgIpc) is 2.90. The summed E-state index contributed by atoms with van der Waals surface area (Å²) in [7, 11) is 1.64. The zero-order valence-corrected chi connectivity index (χ0v) is 11.6. The van der Waals surface area contributed by atoms with Crippen LogP contribution in [0.25, 0.3) is 10.9 Å². The lowest BCUT2D eigenvalue weighted by Crippen LogP contribution is -2.18. The maximum absolute atomic E-state index is 12.1. The number of carbonyl (C=O) groups excluding carboxylic acids is 1. The van der Waals surface area contributed by atoms with Gasteiger partial charge in [-0.05, 0) is 36.4 Å². The third-order valence-corrected chi connectivity index (χ3v) is 3.24. The first-order valence-corrected chi connectivity index (χ1v) is 6.59. The number of rotatable bonds is 4. The second-order valence-corrected chi connectivity index (χ2v) is 4.66. The van der Waals surface area contributed by atoms with Crippen molar-refractivity contribution in [3.63, 3.8) is 0 Å². The van der Waals surface area contributed by atoms with Crippen molar-refractivity contribution >= 4 is 22.5 Å². The van der Waals surface area contributed by atoms with Crippen LogP contribution in [0.2, 0.25) is 0 Å². The van der Waals surface area contributed by atoms with Gasteiger partial charge in [0.15, 0.2) is 0 Å². The molecule has 0 unspecified atom stereocenters. The fraction of sp³-hybridized carbons (Fsp3) is 0.125. The number of hydrogen-bond donors (Lipinski definition) is 1. The molecule has 1 amide bonds. The smallest absolute Gasteiger partial charge is 0.244 e. The third-order valence-electron chi connectivity index (χ3n) is 3.24. The highest BCUT2D eigenvalue weighted by Gasteiger charge is 2.07. The summed E-state index contributed by atoms with van der Waals surface area (Å²) in [6.45, 7) is 0.255. The molecular weight excluding hydrogens is 266 g/mol. The van der Waals surface area contributed by atoms with E-state index in [9.17, 15) is 4.79 Å². The Bertz CT molecular complexity index is 766. The zero-order valence-electron chi connectivity index (χ0n) is 11.6. The van der Waals surface area contributed by atoms with E-state index in [1.54, 1.807) is 25.6 Å². The van der Waals surface area contributed by atoms with Gasteiger partial charge in [0, 0.05) is 23.3 Å². The van der Waals surface area contributed by atoms with Gasteiger partial charge in [-0.2, -0.15) is 0 Å². The van der Waals surface area contributed by atoms with E-state index in [2.05, 4.69) is 10.3 Å². The number of amides is 1. The van der Waals surface area contributed by atoms with Crippen molar-refractivity contribution in [3.05, 3.63) is 55.0 Å². The van der Waals surface area contributed by atoms with Gasteiger partial charge >= 0.3 is 0 Å². The van der Waals surface area contributed by atoms with Crippen molar-refractivity contribution in [1.82, 2.24) is 9.55 Å². The van der Waals surface area contributed by atoms with Gasteiger partial charge in [0.1, 0.15) is 12.3 Å². The lowest BCUT2D eigenvalue weighted by Gasteiger charge is -2.07. The van der Waals surface area contributed by atoms with E-state index >= 15 is 0 Å². The standard InChI is InChI=1S/C16H15N3O2/c1-21-14-4-5-15-12(9-14)6-8-19(15)11-16(20)18-13-3-2-7-17-10-13/h2-10H,11H2,1H3,(H,18,20). The normalized spacial score (nSPS) is 10.5. The lowest BCUT2D eigenvalue weighted by atomic mass is 10.2. The minimum Gasteiger partial charge on any atom is -0.497 e. The highest BCUT2D eigenvalue weighted by Crippen LogP contribution is 2.21. The number of anilines is 1. The second kappa shape index (κ2) is 5.66. The van der Waals surface area contributed by atoms with Crippen LogP contribution >= 0.6 is 0 Å². The number of carbonyl (C=O) groups is 1. The molecule has 0 atom stereocenters. The fourth-order valence-electron chi connectivity index (χ4n) is 2.24. The SMILES string of the molecule is COc1ccc2c(ccn2CC(=O)Nc2cccnc2)c1. The van der Waals surface area contributed by atoms with E-state index in [1.165, 1.54) is 0 Å². The summed E-state index contributed by atoms with van der Waals surface area (Å²) in [6, 6.07) is 11.3. The molecule has 2 heterocycles. The van der Waals surface area contributed by atoms with Gasteiger partial charge in [0.2, 0.25) is 5.91 Å². The van der Waals surface area contributed by atoms with Gasteiger partial charge in [-0.15, -0.1) is 0 Å². The van der Waals surface area contributed by atoms with E-state index in [0.29, 0.717) is 5.69 Å². The Morgan fingerprint density at radius 3 is 3.00 bits per heavy atom. The van der Waals surface area contributed by atoms with Crippen molar-refractivity contribution in [2.45, 2.75) is 6.54 Å². The van der Waals surface area contributed by atoms with Crippen LogP contribution in [0, 0.1) is 0 Å². The highest BCUT2D eigenvalue weighted by atomic mass is 16.5. The van der Waals surface area contributed by atoms with Crippen molar-refractivity contribution in [3.8, 4) is 5.75 Å². The lowest BCUT2D eigenvalue weighted by molar-refractivity contribution is -0.116. The molecule has 0 aliphatic heterocycles. The third kappa shape index (κ3) is 2.86. The van der Waals surface area contributed by atoms with Crippen molar-refractivity contribution in [2.75, 3.05) is 12.4 Å². The maximum Gasteiger partial charge on any atom is 0.244 e. The number of benzene rings is 1. The van der Waals surface area contributed by atoms with Crippen LogP contribution in [0.4, 0.5) is 5.69 Å². The number of aromatic nitrogens is 2. The average molecular weight is 281 g/mol. The number of fused-ring (bicyclic) bond motifs is 1. The van der Waals surface area contributed by atoms with Crippen molar-refractivity contribution in [2.24, 2.45) is 0 Å². The summed E-state index contributed by atoms with van der Waals surface area (Å²) < 4.78 is 7.10. The molecule has 0 aliphatic rings. The zero-order chi connectivity index (χ0) is 14.7. The van der Waals surface area contributed by atoms with Crippen LogP contribution in [0.5, 0.6) is 5.75 Å². The monoisotopic (exact) mass is 281 g/mol. The number of pyridine rings is 1. The quantitative estimate of drug-likeness (QED) is 0.800. The van der Waals surface area contributed by atoms with Gasteiger partial charge < -0.3 is 14.6 Å². The van der Waals surface area contributed by atoms with Crippen LogP contribution in [0.3, 0.4) is 0 Å². The predicted octanol–water partition coefficient (Wildman–Crippen LogP) is 2.68. The Hall–Kier alpha value is -2.82. The number of nitrogens with one attached hydrogen (secondary N) is 1. The first kappa shape index (κ1) is 13.2. The molecule has 3 aromatic rings. The number of nitrogens with zero attached hydrogens (tertiary/aromatic N) is 2. The van der Waals surface area contributed by atoms with E-state index in [0.717, 1.165) is 16.7 Å². The summed E-state index contributed by atoms with van der Waals surface area (Å²) in [5.74, 6) is 0.719. The Labute approximate surface area is 122 Å². The molecule has 0 aliphatic carbocycles. The molecule has 1 N–H and O–H groups in total. The van der Waals surface area contributed by atoms with Gasteiger partial charge in [0.05, 0.1) is 19.0 Å². The molecule has 0 saturated heterocycles. The molecule has 5 nitrogen and oxygen atoms in total. The van der Waals surface area contributed by atoms with Gasteiger partial charge in [-0.25, -0.2) is 0 Å². The van der Waals surface area contributed by atoms with Crippen LogP contribution in [0.1, 0.15) is 0 Å². The Morgan fingerprint density at radius 1 is 1.33 bits per heavy atom. The van der Waals surface area contributed by atoms with Gasteiger partial charge in [-0.1, -0.05) is 0 Å². The molecule has 0 bridgehead atoms. The molecule has 3 rings (SSSR count). The van der Waals surface area contributed by atoms with Crippen molar-refractivity contribution in [1.29, 1.82) is 0 Å². The van der Waals surface area contributed by atoms with E-state index in [-0.39, 0.29) is 12.5 Å². The number of ether oxygens (including phenoxy) is 1. The summed E-state index contributed by atoms with van der Waals surface area (Å²) in [4.78, 5) is 16.0. The van der Waals surface area contributed by atoms with Gasteiger partial charge in [-0.3, -0.25) is 9.78 Å². The molecule has 0 spiro atoms. The van der Waals surface area contributed by atoms with Crippen LogP contribution in [-0.4, -0.2) is 22.6 Å². The molecule has 5 heteroatoms. The van der Waals surface area contributed by atoms with E-state index in [1.807, 2.05) is 41.1 Å². The Balaban J connectivity index is 1.77. The van der Waals surface area contributed by atoms with Crippen LogP contribution in [0.15, 0.2) is 55.0 Å². The maximum atomic E-state index is 12.1. The molecule has 0 fully saturated rings. The minimum atomic E-state index is -0.0867. The first-order valence-electron chi connectivity index (χ1n) is 6.59. The predicted molar refractivity (Wildman–Crippen MR) is 81.4 cm³/mol. The van der Waals surface area contributed by atoms with E-state index < -0.39 is 0 Å². The fourth-order valence-corrected chi connectivity index (χ4v) is 2.24. The summed E-state index contributed by atoms with van der Waals surface area (Å²) in [5, 5.41) is 3.87. The Kier molecular flexibility index (Phi) is 3.55. The molecule has 1 aromatic carbocycles. The number of methoxy groups -OCH3 is 1. The molecule has 106 valence electrons. The van der Waals surface area contributed by atoms with E-state index in [4.69, 9.17) is 4.74 Å². The topological polar surface area (TPSA) is 56.1 Å². The first-order chi connectivity index (χ1) is 10.3. The van der Waals surface area contributed by atoms with Gasteiger partial charge in [0.25, 0.3) is 0 Å². The summed E-state index contributed by atoms with van der Waals surface area (Å²) >= 11 is 0. The summed E-state index contributed by atoms with van der Waals surface area (Å²) in [5.41, 5.74) is 1.69. The minimum absolute atomic E-state index is 0.0867. The highest BCUT2D eigenvalue weighted by molar-refractivity contribution is 5.92. The molecular formula is C16H15N3O2. The summed E-state index contributed by atoms with van der Waals surface area (Å²) in [6.07, 6.45) is 5.19. The second-order valence-electron chi connectivity index (χ2n) is 4.66. The van der Waals surface area contributed by atoms with Crippen LogP contribution in [-0.2, 0) is 11.3 Å². The van der Waals surface area contributed by atoms with Crippen LogP contribution < -0.4 is 10.1 Å². The number of hydrogen-bond acceptors (Lipinski definition) is 3.